The van der Waals surface area contributed by atoms with Crippen molar-refractivity contribution in [2.75, 3.05) is 32.4 Å². The van der Waals surface area contributed by atoms with Crippen molar-refractivity contribution in [3.8, 4) is 0 Å². The van der Waals surface area contributed by atoms with Crippen LogP contribution in [0.4, 0.5) is 8.78 Å². The third kappa shape index (κ3) is 7.59. The number of fused-ring (bicyclic) bond motifs is 1. The number of carbonyl (C=O) groups excluding carboxylic acids is 3. The van der Waals surface area contributed by atoms with E-state index in [-0.39, 0.29) is 42.3 Å². The molecule has 3 N–H and O–H groups in total. The van der Waals surface area contributed by atoms with E-state index in [0.29, 0.717) is 17.5 Å². The summed E-state index contributed by atoms with van der Waals surface area (Å²) in [5.41, 5.74) is -5.37. The van der Waals surface area contributed by atoms with Crippen LogP contribution >= 0.6 is 18.9 Å². The van der Waals surface area contributed by atoms with E-state index in [1.54, 1.807) is 37.8 Å². The number of thiophene rings is 1. The maximum Gasteiger partial charge on any atom is 0.399 e. The van der Waals surface area contributed by atoms with Gasteiger partial charge in [-0.1, -0.05) is 57.2 Å². The molecule has 2 aliphatic rings. The summed E-state index contributed by atoms with van der Waals surface area (Å²) in [7, 11) is -9.37. The van der Waals surface area contributed by atoms with Crippen LogP contribution in [0.15, 0.2) is 54.6 Å². The Labute approximate surface area is 287 Å². The van der Waals surface area contributed by atoms with E-state index in [2.05, 4.69) is 5.32 Å². The molecule has 0 spiro atoms. The van der Waals surface area contributed by atoms with Crippen LogP contribution in [-0.2, 0) is 29.8 Å². The molecule has 2 aliphatic heterocycles. The average Bonchev–Trinajstić information content (AvgIpc) is 3.69. The second-order valence-corrected chi connectivity index (χ2v) is 18.2. The van der Waals surface area contributed by atoms with Gasteiger partial charge in [-0.3, -0.25) is 18.9 Å². The van der Waals surface area contributed by atoms with E-state index < -0.39 is 64.2 Å². The molecule has 5 rings (SSSR count). The molecule has 3 atom stereocenters. The van der Waals surface area contributed by atoms with Crippen LogP contribution in [0.1, 0.15) is 60.5 Å². The molecule has 1 unspecified atom stereocenters. The van der Waals surface area contributed by atoms with E-state index in [0.717, 1.165) is 35.3 Å². The highest BCUT2D eigenvalue weighted by molar-refractivity contribution is 7.88. The normalized spacial score (nSPS) is 20.4. The van der Waals surface area contributed by atoms with Crippen LogP contribution < -0.4 is 5.32 Å². The summed E-state index contributed by atoms with van der Waals surface area (Å²) in [6.45, 7) is 5.93. The molecule has 49 heavy (non-hydrogen) atoms. The van der Waals surface area contributed by atoms with Crippen molar-refractivity contribution in [1.82, 2.24) is 19.4 Å². The molecular formula is C32H39F2N4O8PS2. The molecule has 12 nitrogen and oxygen atoms in total. The fourth-order valence-electron chi connectivity index (χ4n) is 6.34. The van der Waals surface area contributed by atoms with Crippen molar-refractivity contribution < 1.29 is 45.9 Å². The van der Waals surface area contributed by atoms with E-state index in [1.165, 1.54) is 21.3 Å². The molecule has 0 aliphatic carbocycles. The fourth-order valence-corrected chi connectivity index (χ4v) is 8.82. The number of hydrogen-bond donors (Lipinski definition) is 3. The number of nitrogens with one attached hydrogen (secondary N) is 1. The predicted molar refractivity (Wildman–Crippen MR) is 181 cm³/mol. The first kappa shape index (κ1) is 37.0. The number of piperazine rings is 1. The van der Waals surface area contributed by atoms with Crippen molar-refractivity contribution in [1.29, 1.82) is 0 Å². The minimum Gasteiger partial charge on any atom is -0.339 e. The molecule has 2 fully saturated rings. The van der Waals surface area contributed by atoms with Crippen LogP contribution in [0, 0.1) is 5.41 Å². The predicted octanol–water partition coefficient (Wildman–Crippen LogP) is 4.11. The van der Waals surface area contributed by atoms with E-state index in [9.17, 15) is 36.1 Å². The topological polar surface area (TPSA) is 165 Å². The van der Waals surface area contributed by atoms with Crippen molar-refractivity contribution in [2.24, 2.45) is 5.41 Å². The molecule has 3 amide bonds. The molecular weight excluding hydrogens is 701 g/mol. The molecule has 266 valence electrons. The summed E-state index contributed by atoms with van der Waals surface area (Å²) in [4.78, 5) is 63.1. The Morgan fingerprint density at radius 3 is 2.31 bits per heavy atom. The fraction of sp³-hybridized carbons (Fsp3) is 0.469. The van der Waals surface area contributed by atoms with Gasteiger partial charge in [0.15, 0.2) is 0 Å². The lowest BCUT2D eigenvalue weighted by Gasteiger charge is -2.42. The minimum absolute atomic E-state index is 0.0958. The number of nitrogens with zero attached hydrogens (tertiary/aromatic N) is 3. The van der Waals surface area contributed by atoms with Crippen LogP contribution in [0.25, 0.3) is 10.1 Å². The van der Waals surface area contributed by atoms with Gasteiger partial charge in [0.25, 0.3) is 5.91 Å². The molecule has 0 radical (unpaired) electrons. The Balaban J connectivity index is 1.35. The second kappa shape index (κ2) is 13.5. The zero-order valence-corrected chi connectivity index (χ0v) is 29.9. The highest BCUT2D eigenvalue weighted by atomic mass is 32.2. The number of benzene rings is 2. The molecule has 3 heterocycles. The Hall–Kier alpha value is -3.27. The van der Waals surface area contributed by atoms with Crippen molar-refractivity contribution >= 4 is 56.8 Å². The Morgan fingerprint density at radius 2 is 1.69 bits per heavy atom. The summed E-state index contributed by atoms with van der Waals surface area (Å²) in [5, 5.41) is 2.95. The molecule has 2 aromatic carbocycles. The Bertz CT molecular complexity index is 1910. The van der Waals surface area contributed by atoms with Crippen LogP contribution in [0.2, 0.25) is 0 Å². The third-order valence-electron chi connectivity index (χ3n) is 8.92. The van der Waals surface area contributed by atoms with Crippen molar-refractivity contribution in [3.63, 3.8) is 0 Å². The van der Waals surface area contributed by atoms with Gasteiger partial charge in [-0.25, -0.2) is 8.42 Å². The molecule has 0 saturated carbocycles. The summed E-state index contributed by atoms with van der Waals surface area (Å²) in [5.74, 6) is -1.41. The average molecular weight is 741 g/mol. The van der Waals surface area contributed by atoms with E-state index >= 15 is 0 Å². The van der Waals surface area contributed by atoms with Crippen LogP contribution in [0.3, 0.4) is 0 Å². The maximum atomic E-state index is 14.3. The third-order valence-corrected chi connectivity index (χ3v) is 12.3. The van der Waals surface area contributed by atoms with Gasteiger partial charge in [-0.15, -0.1) is 11.3 Å². The van der Waals surface area contributed by atoms with Gasteiger partial charge < -0.3 is 24.9 Å². The molecule has 3 aromatic rings. The highest BCUT2D eigenvalue weighted by Gasteiger charge is 2.50. The second-order valence-electron chi connectivity index (χ2n) is 13.5. The van der Waals surface area contributed by atoms with Crippen LogP contribution in [0.5, 0.6) is 0 Å². The number of likely N-dealkylation sites (tertiary alicyclic amines) is 1. The zero-order valence-electron chi connectivity index (χ0n) is 27.4. The van der Waals surface area contributed by atoms with Gasteiger partial charge in [-0.2, -0.15) is 13.1 Å². The number of alkyl halides is 2. The van der Waals surface area contributed by atoms with E-state index in [1.807, 2.05) is 18.2 Å². The SMILES string of the molecule is CC(C)(C)C(NC(=O)c1cc2cc(C(F)(F)P(=O)(O)O)ccc2s1)C(=O)N1CCC[C@H]1C(=O)N1CCN(S(C)(=O)=O)[C@H](c2ccccc2)C1. The van der Waals surface area contributed by atoms with Gasteiger partial charge in [0.2, 0.25) is 21.8 Å². The maximum absolute atomic E-state index is 14.3. The lowest BCUT2D eigenvalue weighted by molar-refractivity contribution is -0.147. The van der Waals surface area contributed by atoms with Gasteiger partial charge in [0.1, 0.15) is 12.1 Å². The molecule has 0 bridgehead atoms. The van der Waals surface area contributed by atoms with Crippen molar-refractivity contribution in [2.45, 2.75) is 57.4 Å². The highest BCUT2D eigenvalue weighted by Crippen LogP contribution is 2.59. The lowest BCUT2D eigenvalue weighted by Crippen LogP contribution is -2.59. The standard InChI is InChI=1S/C32H39F2N4O8PS2/c1-31(2,3)27(35-28(39)26-18-21-17-22(12-13-25(21)48-26)32(33,34)47(42,43)44)30(41)37-14-8-11-23(37)29(40)36-15-16-38(49(4,45)46)24(19-36)20-9-6-5-7-10-20/h5-7,9-10,12-13,17-18,23-24,27H,8,11,14-16,19H2,1-4H3,(H,35,39)(H2,42,43,44)/t23-,24-,27?/m0/s1. The summed E-state index contributed by atoms with van der Waals surface area (Å²) in [6.07, 6.45) is 2.09. The Morgan fingerprint density at radius 1 is 1.02 bits per heavy atom. The van der Waals surface area contributed by atoms with Gasteiger partial charge >= 0.3 is 13.3 Å². The van der Waals surface area contributed by atoms with E-state index in [4.69, 9.17) is 9.79 Å². The quantitative estimate of drug-likeness (QED) is 0.291. The summed E-state index contributed by atoms with van der Waals surface area (Å²) in [6, 6.07) is 11.0. The first-order valence-electron chi connectivity index (χ1n) is 15.6. The number of amides is 3. The smallest absolute Gasteiger partial charge is 0.339 e. The van der Waals surface area contributed by atoms with Gasteiger partial charge in [0, 0.05) is 36.4 Å². The first-order valence-corrected chi connectivity index (χ1v) is 19.9. The largest absolute Gasteiger partial charge is 0.399 e. The Kier molecular flexibility index (Phi) is 10.2. The zero-order chi connectivity index (χ0) is 36.1. The van der Waals surface area contributed by atoms with Crippen molar-refractivity contribution in [3.05, 3.63) is 70.6 Å². The monoisotopic (exact) mass is 740 g/mol. The number of carbonyl (C=O) groups is 3. The molecule has 1 aromatic heterocycles. The summed E-state index contributed by atoms with van der Waals surface area (Å²) >= 11 is 0.970. The lowest BCUT2D eigenvalue weighted by atomic mass is 9.85. The summed E-state index contributed by atoms with van der Waals surface area (Å²) < 4.78 is 67.1. The number of halogens is 2. The molecule has 17 heteroatoms. The first-order chi connectivity index (χ1) is 22.7. The van der Waals surface area contributed by atoms with Crippen LogP contribution in [-0.4, -0.2) is 94.5 Å². The van der Waals surface area contributed by atoms with Gasteiger partial charge in [0.05, 0.1) is 17.2 Å². The number of rotatable bonds is 8. The molecule has 2 saturated heterocycles. The number of hydrogen-bond acceptors (Lipinski definition) is 7. The van der Waals surface area contributed by atoms with Gasteiger partial charge in [-0.05, 0) is 47.4 Å². The number of sulfonamides is 1. The minimum atomic E-state index is -5.79.